The Balaban J connectivity index is 1.89. The van der Waals surface area contributed by atoms with Crippen LogP contribution in [0.3, 0.4) is 0 Å². The highest BCUT2D eigenvalue weighted by atomic mass is 32.1. The molecule has 0 aliphatic heterocycles. The summed E-state index contributed by atoms with van der Waals surface area (Å²) in [7, 11) is 0. The van der Waals surface area contributed by atoms with Crippen LogP contribution in [-0.4, -0.2) is 17.4 Å². The Morgan fingerprint density at radius 2 is 1.95 bits per heavy atom. The van der Waals surface area contributed by atoms with Crippen molar-refractivity contribution in [3.63, 3.8) is 0 Å². The number of rotatable bonds is 4. The molecule has 106 valence electrons. The molecule has 0 N–H and O–H groups in total. The molecule has 5 heteroatoms. The van der Waals surface area contributed by atoms with E-state index < -0.39 is 0 Å². The Labute approximate surface area is 131 Å². The second kappa shape index (κ2) is 6.20. The standard InChI is InChI=1S/C16H14N2OS2/c1-2-18(15(19)14-9-6-10-20-14)16-17-13(11-21-16)12-7-4-3-5-8-12/h3-11H,2H2,1H3. The molecule has 0 aliphatic rings. The van der Waals surface area contributed by atoms with E-state index in [0.29, 0.717) is 6.54 Å². The SMILES string of the molecule is CCN(C(=O)c1cccs1)c1nc(-c2ccccc2)cs1. The molecule has 2 heterocycles. The topological polar surface area (TPSA) is 33.2 Å². The number of thiophene rings is 1. The van der Waals surface area contributed by atoms with Crippen LogP contribution in [0.25, 0.3) is 11.3 Å². The summed E-state index contributed by atoms with van der Waals surface area (Å²) in [6, 6.07) is 13.7. The molecule has 3 rings (SSSR count). The second-order valence-electron chi connectivity index (χ2n) is 4.41. The summed E-state index contributed by atoms with van der Waals surface area (Å²) in [5.41, 5.74) is 1.98. The smallest absolute Gasteiger partial charge is 0.270 e. The Hall–Kier alpha value is -1.98. The number of benzene rings is 1. The Bertz CT molecular complexity index is 720. The zero-order valence-electron chi connectivity index (χ0n) is 11.5. The average Bonchev–Trinajstić information content (AvgIpc) is 3.21. The van der Waals surface area contributed by atoms with Gasteiger partial charge in [-0.05, 0) is 18.4 Å². The highest BCUT2D eigenvalue weighted by molar-refractivity contribution is 7.14. The van der Waals surface area contributed by atoms with E-state index in [1.807, 2.05) is 60.1 Å². The summed E-state index contributed by atoms with van der Waals surface area (Å²) in [4.78, 5) is 19.6. The van der Waals surface area contributed by atoms with Crippen molar-refractivity contribution in [1.82, 2.24) is 4.98 Å². The van der Waals surface area contributed by atoms with E-state index in [1.165, 1.54) is 22.7 Å². The largest absolute Gasteiger partial charge is 0.284 e. The molecular weight excluding hydrogens is 300 g/mol. The Kier molecular flexibility index (Phi) is 4.13. The number of amides is 1. The van der Waals surface area contributed by atoms with Gasteiger partial charge in [0, 0.05) is 17.5 Å². The highest BCUT2D eigenvalue weighted by Crippen LogP contribution is 2.28. The quantitative estimate of drug-likeness (QED) is 0.708. The highest BCUT2D eigenvalue weighted by Gasteiger charge is 2.20. The molecule has 0 aliphatic carbocycles. The van der Waals surface area contributed by atoms with Gasteiger partial charge in [-0.2, -0.15) is 0 Å². The summed E-state index contributed by atoms with van der Waals surface area (Å²) < 4.78 is 0. The van der Waals surface area contributed by atoms with Gasteiger partial charge in [-0.15, -0.1) is 22.7 Å². The lowest BCUT2D eigenvalue weighted by Crippen LogP contribution is -2.29. The number of aromatic nitrogens is 1. The summed E-state index contributed by atoms with van der Waals surface area (Å²) in [5, 5.41) is 4.66. The third kappa shape index (κ3) is 2.89. The van der Waals surface area contributed by atoms with Gasteiger partial charge in [0.25, 0.3) is 5.91 Å². The fourth-order valence-corrected chi connectivity index (χ4v) is 3.60. The molecule has 21 heavy (non-hydrogen) atoms. The zero-order valence-corrected chi connectivity index (χ0v) is 13.2. The molecule has 0 unspecified atom stereocenters. The van der Waals surface area contributed by atoms with Gasteiger partial charge in [-0.25, -0.2) is 4.98 Å². The maximum Gasteiger partial charge on any atom is 0.270 e. The van der Waals surface area contributed by atoms with Crippen LogP contribution in [0.15, 0.2) is 53.2 Å². The first-order valence-electron chi connectivity index (χ1n) is 6.66. The number of carbonyl (C=O) groups excluding carboxylic acids is 1. The number of hydrogen-bond donors (Lipinski definition) is 0. The van der Waals surface area contributed by atoms with Crippen LogP contribution in [0.4, 0.5) is 5.13 Å². The molecule has 1 amide bonds. The number of hydrogen-bond acceptors (Lipinski definition) is 4. The minimum absolute atomic E-state index is 0.0152. The summed E-state index contributed by atoms with van der Waals surface area (Å²) in [6.45, 7) is 2.58. The van der Waals surface area contributed by atoms with Crippen molar-refractivity contribution in [1.29, 1.82) is 0 Å². The Morgan fingerprint density at radius 1 is 1.14 bits per heavy atom. The minimum atomic E-state index is 0.0152. The van der Waals surface area contributed by atoms with Crippen molar-refractivity contribution in [3.05, 3.63) is 58.1 Å². The normalized spacial score (nSPS) is 10.5. The monoisotopic (exact) mass is 314 g/mol. The van der Waals surface area contributed by atoms with E-state index in [0.717, 1.165) is 21.3 Å². The minimum Gasteiger partial charge on any atom is -0.284 e. The van der Waals surface area contributed by atoms with Crippen molar-refractivity contribution in [2.45, 2.75) is 6.92 Å². The number of anilines is 1. The fraction of sp³-hybridized carbons (Fsp3) is 0.125. The van der Waals surface area contributed by atoms with Crippen LogP contribution in [0.5, 0.6) is 0 Å². The van der Waals surface area contributed by atoms with Gasteiger partial charge < -0.3 is 0 Å². The molecule has 0 fully saturated rings. The van der Waals surface area contributed by atoms with Gasteiger partial charge in [-0.3, -0.25) is 9.69 Å². The predicted molar refractivity (Wildman–Crippen MR) is 89.2 cm³/mol. The molecule has 0 radical (unpaired) electrons. The van der Waals surface area contributed by atoms with Crippen molar-refractivity contribution >= 4 is 33.7 Å². The van der Waals surface area contributed by atoms with E-state index in [-0.39, 0.29) is 5.91 Å². The summed E-state index contributed by atoms with van der Waals surface area (Å²) in [6.07, 6.45) is 0. The third-order valence-electron chi connectivity index (χ3n) is 3.09. The number of thiazole rings is 1. The van der Waals surface area contributed by atoms with Crippen molar-refractivity contribution in [2.24, 2.45) is 0 Å². The first-order valence-corrected chi connectivity index (χ1v) is 8.42. The van der Waals surface area contributed by atoms with E-state index >= 15 is 0 Å². The van der Waals surface area contributed by atoms with Crippen molar-refractivity contribution in [2.75, 3.05) is 11.4 Å². The molecule has 3 aromatic rings. The number of carbonyl (C=O) groups is 1. The molecule has 0 atom stereocenters. The fourth-order valence-electron chi connectivity index (χ4n) is 2.03. The molecule has 0 saturated carbocycles. The van der Waals surface area contributed by atoms with Crippen LogP contribution in [0.2, 0.25) is 0 Å². The van der Waals surface area contributed by atoms with Gasteiger partial charge in [0.05, 0.1) is 10.6 Å². The molecule has 1 aromatic carbocycles. The first kappa shape index (κ1) is 14.0. The molecule has 3 nitrogen and oxygen atoms in total. The average molecular weight is 314 g/mol. The van der Waals surface area contributed by atoms with Gasteiger partial charge in [-0.1, -0.05) is 36.4 Å². The molecule has 0 saturated heterocycles. The van der Waals surface area contributed by atoms with Crippen LogP contribution in [-0.2, 0) is 0 Å². The third-order valence-corrected chi connectivity index (χ3v) is 4.81. The number of nitrogens with zero attached hydrogens (tertiary/aromatic N) is 2. The maximum atomic E-state index is 12.5. The van der Waals surface area contributed by atoms with Gasteiger partial charge in [0.2, 0.25) is 0 Å². The van der Waals surface area contributed by atoms with E-state index in [9.17, 15) is 4.79 Å². The molecule has 0 spiro atoms. The molecule has 0 bridgehead atoms. The summed E-state index contributed by atoms with van der Waals surface area (Å²) >= 11 is 2.96. The van der Waals surface area contributed by atoms with Crippen molar-refractivity contribution in [3.8, 4) is 11.3 Å². The predicted octanol–water partition coefficient (Wildman–Crippen LogP) is 4.54. The maximum absolute atomic E-state index is 12.5. The van der Waals surface area contributed by atoms with E-state index in [4.69, 9.17) is 0 Å². The van der Waals surface area contributed by atoms with Crippen molar-refractivity contribution < 1.29 is 4.79 Å². The van der Waals surface area contributed by atoms with Gasteiger partial charge >= 0.3 is 0 Å². The van der Waals surface area contributed by atoms with E-state index in [2.05, 4.69) is 4.98 Å². The van der Waals surface area contributed by atoms with E-state index in [1.54, 1.807) is 4.90 Å². The van der Waals surface area contributed by atoms with Crippen LogP contribution in [0, 0.1) is 0 Å². The lowest BCUT2D eigenvalue weighted by atomic mass is 10.2. The van der Waals surface area contributed by atoms with Gasteiger partial charge in [0.15, 0.2) is 5.13 Å². The van der Waals surface area contributed by atoms with Gasteiger partial charge in [0.1, 0.15) is 0 Å². The lowest BCUT2D eigenvalue weighted by molar-refractivity contribution is 0.0992. The second-order valence-corrected chi connectivity index (χ2v) is 6.19. The zero-order chi connectivity index (χ0) is 14.7. The lowest BCUT2D eigenvalue weighted by Gasteiger charge is -2.16. The Morgan fingerprint density at radius 3 is 2.62 bits per heavy atom. The molecular formula is C16H14N2OS2. The molecule has 2 aromatic heterocycles. The van der Waals surface area contributed by atoms with Crippen LogP contribution >= 0.6 is 22.7 Å². The summed E-state index contributed by atoms with van der Waals surface area (Å²) in [5.74, 6) is 0.0152. The van der Waals surface area contributed by atoms with Crippen LogP contribution in [0.1, 0.15) is 16.6 Å². The van der Waals surface area contributed by atoms with Crippen LogP contribution < -0.4 is 4.90 Å². The first-order chi connectivity index (χ1) is 10.3.